The molecule has 152 valence electrons. The third-order valence-electron chi connectivity index (χ3n) is 3.53. The van der Waals surface area contributed by atoms with E-state index >= 15 is 0 Å². The van der Waals surface area contributed by atoms with Gasteiger partial charge in [0.1, 0.15) is 11.0 Å². The lowest BCUT2D eigenvalue weighted by Crippen LogP contribution is -2.44. The van der Waals surface area contributed by atoms with Gasteiger partial charge in [-0.2, -0.15) is 11.8 Å². The van der Waals surface area contributed by atoms with Crippen LogP contribution in [0.15, 0.2) is 12.2 Å². The normalized spacial score (nSPS) is 17.5. The Morgan fingerprint density at radius 2 is 1.92 bits per heavy atom. The molecule has 0 aliphatic heterocycles. The summed E-state index contributed by atoms with van der Waals surface area (Å²) in [6, 6.07) is 0. The lowest BCUT2D eigenvalue weighted by Gasteiger charge is -2.30. The molecule has 0 aliphatic rings. The first-order valence-corrected chi connectivity index (χ1v) is 9.48. The maximum absolute atomic E-state index is 12.2. The van der Waals surface area contributed by atoms with Crippen molar-refractivity contribution in [3.05, 3.63) is 12.2 Å². The molecule has 8 nitrogen and oxygen atoms in total. The summed E-state index contributed by atoms with van der Waals surface area (Å²) in [6.07, 6.45) is 1.98. The van der Waals surface area contributed by atoms with Gasteiger partial charge >= 0.3 is 11.9 Å². The fourth-order valence-corrected chi connectivity index (χ4v) is 2.63. The summed E-state index contributed by atoms with van der Waals surface area (Å²) in [4.78, 5) is 22.5. The molecular formula is C17H30O8S. The van der Waals surface area contributed by atoms with Crippen LogP contribution in [0.1, 0.15) is 33.6 Å². The van der Waals surface area contributed by atoms with Gasteiger partial charge in [0.05, 0.1) is 26.2 Å². The van der Waals surface area contributed by atoms with E-state index in [1.165, 1.54) is 31.7 Å². The predicted octanol–water partition coefficient (Wildman–Crippen LogP) is 0.788. The fourth-order valence-electron chi connectivity index (χ4n) is 1.78. The zero-order valence-corrected chi connectivity index (χ0v) is 16.3. The molecule has 0 aromatic rings. The van der Waals surface area contributed by atoms with Crippen molar-refractivity contribution < 1.29 is 39.5 Å². The van der Waals surface area contributed by atoms with Gasteiger partial charge in [-0.05, 0) is 32.9 Å². The third-order valence-corrected chi connectivity index (χ3v) is 4.60. The quantitative estimate of drug-likeness (QED) is 0.146. The van der Waals surface area contributed by atoms with Crippen LogP contribution < -0.4 is 0 Å². The molecule has 3 unspecified atom stereocenters. The number of aliphatic carboxylic acids is 1. The van der Waals surface area contributed by atoms with Crippen molar-refractivity contribution in [1.82, 2.24) is 0 Å². The van der Waals surface area contributed by atoms with Gasteiger partial charge in [0.25, 0.3) is 0 Å². The SMILES string of the molecule is CC=CC(C)(O)C(O)OCC(C)(CO)C(=O)OCCCSCCC(=O)O. The standard InChI is InChI=1S/C17H30O8S/c1-4-7-17(3,23)15(22)25-12-16(2,11-18)14(21)24-8-5-9-26-10-6-13(19)20/h4,7,15,18,22-23H,5-6,8-12H2,1-3H3,(H,19,20). The number of thioether (sulfide) groups is 1. The van der Waals surface area contributed by atoms with E-state index < -0.39 is 35.9 Å². The predicted molar refractivity (Wildman–Crippen MR) is 97.7 cm³/mol. The zero-order chi connectivity index (χ0) is 20.2. The number of hydrogen-bond donors (Lipinski definition) is 4. The number of carbonyl (C=O) groups is 2. The topological polar surface area (TPSA) is 134 Å². The van der Waals surface area contributed by atoms with E-state index in [1.54, 1.807) is 13.0 Å². The second-order valence-corrected chi connectivity index (χ2v) is 7.58. The highest BCUT2D eigenvalue weighted by molar-refractivity contribution is 7.99. The van der Waals surface area contributed by atoms with Gasteiger partial charge in [-0.1, -0.05) is 12.2 Å². The Labute approximate surface area is 158 Å². The molecule has 0 spiro atoms. The van der Waals surface area contributed by atoms with Gasteiger partial charge < -0.3 is 29.9 Å². The molecule has 0 aromatic heterocycles. The van der Waals surface area contributed by atoms with E-state index in [0.29, 0.717) is 17.9 Å². The van der Waals surface area contributed by atoms with E-state index in [1.807, 2.05) is 0 Å². The number of ether oxygens (including phenoxy) is 2. The number of carboxylic acids is 1. The van der Waals surface area contributed by atoms with E-state index in [9.17, 15) is 24.9 Å². The van der Waals surface area contributed by atoms with Crippen LogP contribution >= 0.6 is 11.8 Å². The molecule has 3 atom stereocenters. The molecule has 0 rings (SSSR count). The summed E-state index contributed by atoms with van der Waals surface area (Å²) in [5, 5.41) is 37.9. The minimum Gasteiger partial charge on any atom is -0.481 e. The highest BCUT2D eigenvalue weighted by Gasteiger charge is 2.38. The maximum Gasteiger partial charge on any atom is 0.316 e. The van der Waals surface area contributed by atoms with Crippen LogP contribution in [-0.2, 0) is 19.1 Å². The second-order valence-electron chi connectivity index (χ2n) is 6.35. The lowest BCUT2D eigenvalue weighted by molar-refractivity contribution is -0.208. The molecule has 0 heterocycles. The van der Waals surface area contributed by atoms with E-state index in [4.69, 9.17) is 14.6 Å². The number of carboxylic acid groups (broad SMARTS) is 1. The molecular weight excluding hydrogens is 364 g/mol. The average Bonchev–Trinajstić information content (AvgIpc) is 2.57. The Morgan fingerprint density at radius 3 is 2.46 bits per heavy atom. The average molecular weight is 394 g/mol. The lowest BCUT2D eigenvalue weighted by atomic mass is 9.93. The van der Waals surface area contributed by atoms with Crippen LogP contribution in [0.5, 0.6) is 0 Å². The molecule has 9 heteroatoms. The van der Waals surface area contributed by atoms with Gasteiger partial charge in [0.2, 0.25) is 0 Å². The Balaban J connectivity index is 4.29. The molecule has 0 amide bonds. The number of allylic oxidation sites excluding steroid dienone is 1. The highest BCUT2D eigenvalue weighted by atomic mass is 32.2. The molecule has 0 saturated carbocycles. The Hall–Kier alpha value is -1.13. The third kappa shape index (κ3) is 9.54. The maximum atomic E-state index is 12.2. The molecule has 0 bridgehead atoms. The van der Waals surface area contributed by atoms with Gasteiger partial charge in [0, 0.05) is 5.75 Å². The molecule has 0 radical (unpaired) electrons. The summed E-state index contributed by atoms with van der Waals surface area (Å²) in [5.74, 6) is -0.375. The zero-order valence-electron chi connectivity index (χ0n) is 15.5. The number of esters is 1. The summed E-state index contributed by atoms with van der Waals surface area (Å²) < 4.78 is 10.3. The van der Waals surface area contributed by atoms with Crippen LogP contribution in [0.2, 0.25) is 0 Å². The summed E-state index contributed by atoms with van der Waals surface area (Å²) >= 11 is 1.45. The minimum atomic E-state index is -1.62. The summed E-state index contributed by atoms with van der Waals surface area (Å²) in [5.41, 5.74) is -2.99. The fraction of sp³-hybridized carbons (Fsp3) is 0.765. The van der Waals surface area contributed by atoms with Crippen molar-refractivity contribution in [2.75, 3.05) is 31.3 Å². The number of aliphatic hydroxyl groups is 3. The minimum absolute atomic E-state index is 0.0870. The van der Waals surface area contributed by atoms with Crippen LogP contribution in [0.25, 0.3) is 0 Å². The highest BCUT2D eigenvalue weighted by Crippen LogP contribution is 2.22. The smallest absolute Gasteiger partial charge is 0.316 e. The van der Waals surface area contributed by atoms with Crippen molar-refractivity contribution >= 4 is 23.7 Å². The van der Waals surface area contributed by atoms with Crippen molar-refractivity contribution in [3.63, 3.8) is 0 Å². The van der Waals surface area contributed by atoms with E-state index in [-0.39, 0.29) is 19.6 Å². The van der Waals surface area contributed by atoms with Gasteiger partial charge in [0.15, 0.2) is 6.29 Å². The van der Waals surface area contributed by atoms with Gasteiger partial charge in [-0.25, -0.2) is 0 Å². The summed E-state index contributed by atoms with van der Waals surface area (Å²) in [6.45, 7) is 3.73. The first-order chi connectivity index (χ1) is 12.1. The van der Waals surface area contributed by atoms with Crippen molar-refractivity contribution in [1.29, 1.82) is 0 Å². The number of aliphatic hydroxyl groups excluding tert-OH is 2. The summed E-state index contributed by atoms with van der Waals surface area (Å²) in [7, 11) is 0. The molecule has 0 saturated heterocycles. The van der Waals surface area contributed by atoms with Crippen LogP contribution in [0.4, 0.5) is 0 Å². The largest absolute Gasteiger partial charge is 0.481 e. The second kappa shape index (κ2) is 12.3. The molecule has 0 fully saturated rings. The number of carbonyl (C=O) groups excluding carboxylic acids is 1. The first-order valence-electron chi connectivity index (χ1n) is 8.32. The number of rotatable bonds is 14. The van der Waals surface area contributed by atoms with E-state index in [2.05, 4.69) is 0 Å². The molecule has 0 aromatic carbocycles. The van der Waals surface area contributed by atoms with Crippen molar-refractivity contribution in [3.8, 4) is 0 Å². The van der Waals surface area contributed by atoms with Crippen LogP contribution in [0, 0.1) is 5.41 Å². The van der Waals surface area contributed by atoms with Gasteiger partial charge in [-0.15, -0.1) is 0 Å². The van der Waals surface area contributed by atoms with E-state index in [0.717, 1.165) is 0 Å². The Bertz CT molecular complexity index is 466. The molecule has 26 heavy (non-hydrogen) atoms. The number of hydrogen-bond acceptors (Lipinski definition) is 8. The van der Waals surface area contributed by atoms with Crippen molar-refractivity contribution in [2.45, 2.75) is 45.5 Å². The molecule has 0 aliphatic carbocycles. The molecule has 4 N–H and O–H groups in total. The van der Waals surface area contributed by atoms with Gasteiger partial charge in [-0.3, -0.25) is 9.59 Å². The van der Waals surface area contributed by atoms with Crippen molar-refractivity contribution in [2.24, 2.45) is 5.41 Å². The Kier molecular flexibility index (Phi) is 11.8. The monoisotopic (exact) mass is 394 g/mol. The van der Waals surface area contributed by atoms with Crippen LogP contribution in [-0.4, -0.2) is 75.6 Å². The Morgan fingerprint density at radius 1 is 1.27 bits per heavy atom. The first kappa shape index (κ1) is 24.9. The van der Waals surface area contributed by atoms with Crippen LogP contribution in [0.3, 0.4) is 0 Å².